The van der Waals surface area contributed by atoms with Gasteiger partial charge in [0.25, 0.3) is 0 Å². The first-order valence-electron chi connectivity index (χ1n) is 6.01. The minimum absolute atomic E-state index is 0.0566. The molecule has 0 heterocycles. The topological polar surface area (TPSA) is 32.3 Å². The second-order valence-corrected chi connectivity index (χ2v) is 5.41. The van der Waals surface area contributed by atoms with Gasteiger partial charge in [-0.05, 0) is 31.4 Å². The minimum Gasteiger partial charge on any atom is -0.387 e. The van der Waals surface area contributed by atoms with E-state index in [1.54, 1.807) is 18.2 Å². The van der Waals surface area contributed by atoms with Crippen LogP contribution >= 0.6 is 23.2 Å². The van der Waals surface area contributed by atoms with Crippen LogP contribution in [0, 0.1) is 0 Å². The molecular formula is C13H17Cl2NO. The van der Waals surface area contributed by atoms with Crippen LogP contribution in [-0.2, 0) is 0 Å². The van der Waals surface area contributed by atoms with Crippen LogP contribution in [-0.4, -0.2) is 17.2 Å². The SMILES string of the molecule is CCC(NC1CC1)C(O)c1ccc(Cl)cc1Cl. The second-order valence-electron chi connectivity index (χ2n) is 4.57. The molecule has 1 saturated carbocycles. The number of halogens is 2. The number of benzene rings is 1. The Bertz CT molecular complexity index is 393. The molecule has 1 aliphatic carbocycles. The van der Waals surface area contributed by atoms with E-state index in [1.807, 2.05) is 0 Å². The van der Waals surface area contributed by atoms with Crippen molar-refractivity contribution < 1.29 is 5.11 Å². The molecule has 2 nitrogen and oxygen atoms in total. The Balaban J connectivity index is 2.12. The highest BCUT2D eigenvalue weighted by molar-refractivity contribution is 6.35. The molecular weight excluding hydrogens is 257 g/mol. The lowest BCUT2D eigenvalue weighted by atomic mass is 10.00. The lowest BCUT2D eigenvalue weighted by Gasteiger charge is -2.24. The van der Waals surface area contributed by atoms with Crippen molar-refractivity contribution in [2.45, 2.75) is 44.4 Å². The number of aliphatic hydroxyl groups is 1. The minimum atomic E-state index is -0.578. The third-order valence-electron chi connectivity index (χ3n) is 3.13. The van der Waals surface area contributed by atoms with Crippen molar-refractivity contribution in [1.82, 2.24) is 5.32 Å². The number of hydrogen-bond acceptors (Lipinski definition) is 2. The van der Waals surface area contributed by atoms with Gasteiger partial charge in [-0.2, -0.15) is 0 Å². The standard InChI is InChI=1S/C13H17Cl2NO/c1-2-12(16-9-4-5-9)13(17)10-6-3-8(14)7-11(10)15/h3,6-7,9,12-13,16-17H,2,4-5H2,1H3. The molecule has 2 N–H and O–H groups in total. The molecule has 1 aliphatic rings. The monoisotopic (exact) mass is 273 g/mol. The summed E-state index contributed by atoms with van der Waals surface area (Å²) in [6.45, 7) is 2.06. The van der Waals surface area contributed by atoms with Crippen molar-refractivity contribution >= 4 is 23.2 Å². The summed E-state index contributed by atoms with van der Waals surface area (Å²) < 4.78 is 0. The molecule has 94 valence electrons. The third-order valence-corrected chi connectivity index (χ3v) is 3.69. The van der Waals surface area contributed by atoms with Gasteiger partial charge in [0.2, 0.25) is 0 Å². The van der Waals surface area contributed by atoms with E-state index in [4.69, 9.17) is 23.2 Å². The summed E-state index contributed by atoms with van der Waals surface area (Å²) in [5.41, 5.74) is 0.746. The fourth-order valence-electron chi connectivity index (χ4n) is 1.94. The second kappa shape index (κ2) is 5.57. The van der Waals surface area contributed by atoms with Crippen LogP contribution in [0.3, 0.4) is 0 Å². The zero-order valence-corrected chi connectivity index (χ0v) is 11.3. The Hall–Kier alpha value is -0.280. The molecule has 1 aromatic rings. The van der Waals surface area contributed by atoms with Crippen LogP contribution < -0.4 is 5.32 Å². The molecule has 0 bridgehead atoms. The van der Waals surface area contributed by atoms with Crippen LogP contribution in [0.2, 0.25) is 10.0 Å². The summed E-state index contributed by atoms with van der Waals surface area (Å²) in [5, 5.41) is 14.9. The Morgan fingerprint density at radius 2 is 2.12 bits per heavy atom. The van der Waals surface area contributed by atoms with Crippen molar-refractivity contribution in [3.63, 3.8) is 0 Å². The lowest BCUT2D eigenvalue weighted by Crippen LogP contribution is -2.36. The Labute approximate surface area is 112 Å². The Kier molecular flexibility index (Phi) is 4.31. The van der Waals surface area contributed by atoms with Gasteiger partial charge in [-0.15, -0.1) is 0 Å². The van der Waals surface area contributed by atoms with E-state index in [-0.39, 0.29) is 6.04 Å². The highest BCUT2D eigenvalue weighted by Crippen LogP contribution is 2.30. The molecule has 2 rings (SSSR count). The number of aliphatic hydroxyl groups excluding tert-OH is 1. The van der Waals surface area contributed by atoms with E-state index in [2.05, 4.69) is 12.2 Å². The molecule has 2 atom stereocenters. The first-order chi connectivity index (χ1) is 8.11. The van der Waals surface area contributed by atoms with Crippen LogP contribution in [0.5, 0.6) is 0 Å². The van der Waals surface area contributed by atoms with Crippen LogP contribution in [0.1, 0.15) is 37.9 Å². The molecule has 4 heteroatoms. The summed E-state index contributed by atoms with van der Waals surface area (Å²) >= 11 is 12.0. The van der Waals surface area contributed by atoms with Gasteiger partial charge in [-0.25, -0.2) is 0 Å². The maximum Gasteiger partial charge on any atom is 0.0957 e. The molecule has 1 aromatic carbocycles. The number of rotatable bonds is 5. The molecule has 0 amide bonds. The molecule has 2 unspecified atom stereocenters. The van der Waals surface area contributed by atoms with Crippen molar-refractivity contribution in [2.75, 3.05) is 0 Å². The van der Waals surface area contributed by atoms with Gasteiger partial charge in [0, 0.05) is 27.7 Å². The largest absolute Gasteiger partial charge is 0.387 e. The van der Waals surface area contributed by atoms with E-state index >= 15 is 0 Å². The van der Waals surface area contributed by atoms with E-state index in [0.29, 0.717) is 16.1 Å². The summed E-state index contributed by atoms with van der Waals surface area (Å²) in [7, 11) is 0. The lowest BCUT2D eigenvalue weighted by molar-refractivity contribution is 0.125. The number of hydrogen-bond donors (Lipinski definition) is 2. The Morgan fingerprint density at radius 1 is 1.41 bits per heavy atom. The van der Waals surface area contributed by atoms with Gasteiger partial charge in [0.1, 0.15) is 0 Å². The maximum atomic E-state index is 10.3. The first-order valence-corrected chi connectivity index (χ1v) is 6.76. The summed E-state index contributed by atoms with van der Waals surface area (Å²) in [6.07, 6.45) is 2.71. The number of nitrogens with one attached hydrogen (secondary N) is 1. The molecule has 0 saturated heterocycles. The van der Waals surface area contributed by atoms with Gasteiger partial charge in [0.15, 0.2) is 0 Å². The Morgan fingerprint density at radius 3 is 2.65 bits per heavy atom. The fourth-order valence-corrected chi connectivity index (χ4v) is 2.46. The quantitative estimate of drug-likeness (QED) is 0.860. The highest BCUT2D eigenvalue weighted by atomic mass is 35.5. The molecule has 0 spiro atoms. The van der Waals surface area contributed by atoms with Crippen LogP contribution in [0.4, 0.5) is 0 Å². The van der Waals surface area contributed by atoms with Crippen molar-refractivity contribution in [1.29, 1.82) is 0 Å². The van der Waals surface area contributed by atoms with E-state index in [1.165, 1.54) is 12.8 Å². The fraction of sp³-hybridized carbons (Fsp3) is 0.538. The van der Waals surface area contributed by atoms with E-state index < -0.39 is 6.10 Å². The zero-order chi connectivity index (χ0) is 12.4. The average Bonchev–Trinajstić information content (AvgIpc) is 3.09. The smallest absolute Gasteiger partial charge is 0.0957 e. The highest BCUT2D eigenvalue weighted by Gasteiger charge is 2.28. The average molecular weight is 274 g/mol. The van der Waals surface area contributed by atoms with Crippen LogP contribution in [0.25, 0.3) is 0 Å². The molecule has 17 heavy (non-hydrogen) atoms. The van der Waals surface area contributed by atoms with E-state index in [9.17, 15) is 5.11 Å². The van der Waals surface area contributed by atoms with Crippen molar-refractivity contribution in [3.8, 4) is 0 Å². The van der Waals surface area contributed by atoms with Gasteiger partial charge in [-0.3, -0.25) is 0 Å². The molecule has 0 radical (unpaired) electrons. The van der Waals surface area contributed by atoms with E-state index in [0.717, 1.165) is 12.0 Å². The zero-order valence-electron chi connectivity index (χ0n) is 9.79. The maximum absolute atomic E-state index is 10.3. The molecule has 1 fully saturated rings. The van der Waals surface area contributed by atoms with Crippen LogP contribution in [0.15, 0.2) is 18.2 Å². The van der Waals surface area contributed by atoms with Gasteiger partial charge in [0.05, 0.1) is 6.10 Å². The normalized spacial score (nSPS) is 19.1. The summed E-state index contributed by atoms with van der Waals surface area (Å²) in [5.74, 6) is 0. The summed E-state index contributed by atoms with van der Waals surface area (Å²) in [4.78, 5) is 0. The van der Waals surface area contributed by atoms with Gasteiger partial charge < -0.3 is 10.4 Å². The predicted molar refractivity (Wildman–Crippen MR) is 71.7 cm³/mol. The first kappa shape index (κ1) is 13.2. The molecule has 0 aliphatic heterocycles. The van der Waals surface area contributed by atoms with Gasteiger partial charge >= 0.3 is 0 Å². The van der Waals surface area contributed by atoms with Gasteiger partial charge in [-0.1, -0.05) is 36.2 Å². The van der Waals surface area contributed by atoms with Crippen molar-refractivity contribution in [2.24, 2.45) is 0 Å². The summed E-state index contributed by atoms with van der Waals surface area (Å²) in [6, 6.07) is 5.86. The van der Waals surface area contributed by atoms with Crippen molar-refractivity contribution in [3.05, 3.63) is 33.8 Å². The molecule has 0 aromatic heterocycles. The third kappa shape index (κ3) is 3.35. The predicted octanol–water partition coefficient (Wildman–Crippen LogP) is 3.56.